The van der Waals surface area contributed by atoms with Gasteiger partial charge in [-0.25, -0.2) is 0 Å². The summed E-state index contributed by atoms with van der Waals surface area (Å²) < 4.78 is 0. The molecule has 3 radical (unpaired) electrons. The molecular formula is C2H7AlLi. The van der Waals surface area contributed by atoms with Crippen molar-refractivity contribution in [1.82, 2.24) is 0 Å². The Hall–Kier alpha value is 1.13. The van der Waals surface area contributed by atoms with E-state index in [4.69, 9.17) is 0 Å². The summed E-state index contributed by atoms with van der Waals surface area (Å²) in [7, 11) is 0. The van der Waals surface area contributed by atoms with Gasteiger partial charge in [-0.05, 0) is 0 Å². The monoisotopic (exact) mass is 65.1 g/mol. The molecule has 0 aromatic carbocycles. The first kappa shape index (κ1) is 19.3. The molecule has 0 fully saturated rings. The molecular weight excluding hydrogens is 57.9 g/mol. The van der Waals surface area contributed by atoms with E-state index in [1.54, 1.807) is 0 Å². The van der Waals surface area contributed by atoms with Crippen molar-refractivity contribution in [2.75, 3.05) is 0 Å². The van der Waals surface area contributed by atoms with Gasteiger partial charge in [-0.1, -0.05) is 13.8 Å². The van der Waals surface area contributed by atoms with Gasteiger partial charge in [0.25, 0.3) is 0 Å². The second-order valence-electron chi connectivity index (χ2n) is 0. The Balaban J connectivity index is -0.00000000500. The Labute approximate surface area is 50.3 Å². The van der Waals surface area contributed by atoms with Crippen LogP contribution < -0.4 is 0 Å². The van der Waals surface area contributed by atoms with Gasteiger partial charge in [0.05, 0.1) is 0 Å². The van der Waals surface area contributed by atoms with Crippen LogP contribution in [0, 0.1) is 0 Å². The number of hydrogen-bond donors (Lipinski definition) is 0. The van der Waals surface area contributed by atoms with E-state index in [1.807, 2.05) is 13.8 Å². The first-order valence-corrected chi connectivity index (χ1v) is 1.00. The summed E-state index contributed by atoms with van der Waals surface area (Å²) in [4.78, 5) is 0. The maximum atomic E-state index is 2.00. The zero-order valence-corrected chi connectivity index (χ0v) is 3.73. The average molecular weight is 65.0 g/mol. The Kier molecular flexibility index (Phi) is 153. The van der Waals surface area contributed by atoms with Crippen LogP contribution in [0.2, 0.25) is 0 Å². The molecule has 0 spiro atoms. The third-order valence-electron chi connectivity index (χ3n) is 0. The van der Waals surface area contributed by atoms with Crippen LogP contribution in [0.15, 0.2) is 0 Å². The first-order valence-electron chi connectivity index (χ1n) is 1.00. The Bertz CT molecular complexity index is 6.00. The average Bonchev–Trinajstić information content (AvgIpc) is 1.00. The Morgan fingerprint density at radius 1 is 1.00 bits per heavy atom. The molecule has 2 heteroatoms. The molecule has 0 aliphatic heterocycles. The van der Waals surface area contributed by atoms with E-state index in [9.17, 15) is 0 Å². The van der Waals surface area contributed by atoms with Crippen LogP contribution >= 0.6 is 0 Å². The van der Waals surface area contributed by atoms with Gasteiger partial charge in [0.15, 0.2) is 0 Å². The van der Waals surface area contributed by atoms with Gasteiger partial charge < -0.3 is 0 Å². The van der Waals surface area contributed by atoms with Crippen LogP contribution in [0.25, 0.3) is 0 Å². The third kappa shape index (κ3) is 11.1. The minimum atomic E-state index is 0. The molecule has 0 nitrogen and oxygen atoms in total. The van der Waals surface area contributed by atoms with E-state index >= 15 is 0 Å². The maximum absolute atomic E-state index is 2.00. The second kappa shape index (κ2) is 31.7. The van der Waals surface area contributed by atoms with Crippen LogP contribution in [0.4, 0.5) is 0 Å². The van der Waals surface area contributed by atoms with Crippen molar-refractivity contribution in [3.63, 3.8) is 0 Å². The van der Waals surface area contributed by atoms with E-state index in [0.29, 0.717) is 0 Å². The van der Waals surface area contributed by atoms with Crippen LogP contribution in [0.5, 0.6) is 0 Å². The zero-order chi connectivity index (χ0) is 2.00. The van der Waals surface area contributed by atoms with Crippen molar-refractivity contribution in [1.29, 1.82) is 0 Å². The SMILES string of the molecule is CC.[Al].[LiH]. The van der Waals surface area contributed by atoms with Crippen LogP contribution in [-0.2, 0) is 0 Å². The van der Waals surface area contributed by atoms with E-state index in [-0.39, 0.29) is 36.2 Å². The number of rotatable bonds is 0. The van der Waals surface area contributed by atoms with Gasteiger partial charge in [-0.3, -0.25) is 0 Å². The summed E-state index contributed by atoms with van der Waals surface area (Å²) in [5.74, 6) is 0. The summed E-state index contributed by atoms with van der Waals surface area (Å²) in [6.07, 6.45) is 0. The van der Waals surface area contributed by atoms with Crippen LogP contribution in [-0.4, -0.2) is 36.2 Å². The predicted octanol–water partition coefficient (Wildman–Crippen LogP) is -0.00310. The molecule has 19 valence electrons. The predicted molar refractivity (Wildman–Crippen MR) is 24.3 cm³/mol. The summed E-state index contributed by atoms with van der Waals surface area (Å²) in [5.41, 5.74) is 0. The van der Waals surface area contributed by atoms with Gasteiger partial charge in [0.2, 0.25) is 0 Å². The molecule has 0 aromatic heterocycles. The third-order valence-corrected chi connectivity index (χ3v) is 0. The summed E-state index contributed by atoms with van der Waals surface area (Å²) in [5, 5.41) is 0. The molecule has 0 saturated heterocycles. The molecule has 0 N–H and O–H groups in total. The molecule has 0 aliphatic rings. The molecule has 0 unspecified atom stereocenters. The van der Waals surface area contributed by atoms with Gasteiger partial charge in [-0.15, -0.1) is 0 Å². The van der Waals surface area contributed by atoms with Crippen molar-refractivity contribution in [2.45, 2.75) is 13.8 Å². The second-order valence-corrected chi connectivity index (χ2v) is 0. The number of hydrogen-bond acceptors (Lipinski definition) is 0. The van der Waals surface area contributed by atoms with Gasteiger partial charge in [0.1, 0.15) is 0 Å². The van der Waals surface area contributed by atoms with Crippen LogP contribution in [0.3, 0.4) is 0 Å². The molecule has 0 heterocycles. The quantitative estimate of drug-likeness (QED) is 0.348. The molecule has 4 heavy (non-hydrogen) atoms. The Morgan fingerprint density at radius 2 is 1.00 bits per heavy atom. The van der Waals surface area contributed by atoms with E-state index in [2.05, 4.69) is 0 Å². The van der Waals surface area contributed by atoms with Crippen molar-refractivity contribution in [3.8, 4) is 0 Å². The summed E-state index contributed by atoms with van der Waals surface area (Å²) in [6, 6.07) is 0. The summed E-state index contributed by atoms with van der Waals surface area (Å²) >= 11 is 0. The molecule has 0 atom stereocenters. The molecule has 0 aliphatic carbocycles. The Morgan fingerprint density at radius 3 is 1.00 bits per heavy atom. The van der Waals surface area contributed by atoms with Gasteiger partial charge >= 0.3 is 18.9 Å². The fraction of sp³-hybridized carbons (Fsp3) is 1.00. The molecule has 0 aromatic rings. The normalized spacial score (nSPS) is 1.50. The first-order chi connectivity index (χ1) is 1.00. The van der Waals surface area contributed by atoms with E-state index in [1.165, 1.54) is 0 Å². The minimum absolute atomic E-state index is 0. The topological polar surface area (TPSA) is 0 Å². The molecule has 0 bridgehead atoms. The molecule has 0 saturated carbocycles. The molecule has 0 rings (SSSR count). The fourth-order valence-electron chi connectivity index (χ4n) is 0. The fourth-order valence-corrected chi connectivity index (χ4v) is 0. The van der Waals surface area contributed by atoms with E-state index in [0.717, 1.165) is 0 Å². The van der Waals surface area contributed by atoms with Crippen molar-refractivity contribution in [3.05, 3.63) is 0 Å². The van der Waals surface area contributed by atoms with Gasteiger partial charge in [0, 0.05) is 17.4 Å². The van der Waals surface area contributed by atoms with E-state index < -0.39 is 0 Å². The zero-order valence-electron chi connectivity index (χ0n) is 2.58. The standard InChI is InChI=1S/C2H6.Al.Li.H/c1-2;;;/h1-2H3;;;. The van der Waals surface area contributed by atoms with Crippen molar-refractivity contribution in [2.24, 2.45) is 0 Å². The summed E-state index contributed by atoms with van der Waals surface area (Å²) in [6.45, 7) is 4.00. The van der Waals surface area contributed by atoms with Crippen molar-refractivity contribution < 1.29 is 0 Å². The van der Waals surface area contributed by atoms with Gasteiger partial charge in [-0.2, -0.15) is 0 Å². The molecule has 0 amide bonds. The van der Waals surface area contributed by atoms with Crippen molar-refractivity contribution >= 4 is 36.2 Å². The van der Waals surface area contributed by atoms with Crippen LogP contribution in [0.1, 0.15) is 13.8 Å².